The summed E-state index contributed by atoms with van der Waals surface area (Å²) < 4.78 is 25.3. The molecule has 0 aliphatic carbocycles. The highest BCUT2D eigenvalue weighted by molar-refractivity contribution is 7.92. The van der Waals surface area contributed by atoms with Crippen molar-refractivity contribution in [3.63, 3.8) is 0 Å². The van der Waals surface area contributed by atoms with E-state index < -0.39 is 10.0 Å². The number of aromatic amines is 1. The fraction of sp³-hybridized carbons (Fsp3) is 0.333. The minimum Gasteiger partial charge on any atom is -0.321 e. The number of hydrogen-bond donors (Lipinski definition) is 4. The Labute approximate surface area is 140 Å². The molecule has 4 N–H and O–H groups in total. The van der Waals surface area contributed by atoms with Crippen LogP contribution in [0.2, 0.25) is 0 Å². The zero-order chi connectivity index (χ0) is 17.3. The molecule has 0 spiro atoms. The zero-order valence-electron chi connectivity index (χ0n) is 13.4. The Hall–Kier alpha value is -2.39. The number of benzene rings is 1. The van der Waals surface area contributed by atoms with Gasteiger partial charge in [0, 0.05) is 36.5 Å². The van der Waals surface area contributed by atoms with Crippen LogP contribution in [0.1, 0.15) is 27.3 Å². The molecule has 0 bridgehead atoms. The summed E-state index contributed by atoms with van der Waals surface area (Å²) in [5.41, 5.74) is 3.90. The molecule has 1 aliphatic rings. The van der Waals surface area contributed by atoms with E-state index in [2.05, 4.69) is 25.6 Å². The van der Waals surface area contributed by atoms with Crippen molar-refractivity contribution in [2.45, 2.75) is 19.9 Å². The highest BCUT2D eigenvalue weighted by Crippen LogP contribution is 2.22. The molecule has 128 valence electrons. The summed E-state index contributed by atoms with van der Waals surface area (Å²) in [7, 11) is -3.39. The minimum absolute atomic E-state index is 0.328. The van der Waals surface area contributed by atoms with Crippen molar-refractivity contribution < 1.29 is 13.2 Å². The fourth-order valence-corrected chi connectivity index (χ4v) is 3.23. The van der Waals surface area contributed by atoms with Gasteiger partial charge < -0.3 is 10.6 Å². The second kappa shape index (κ2) is 6.25. The van der Waals surface area contributed by atoms with Crippen LogP contribution in [-0.4, -0.2) is 37.3 Å². The van der Waals surface area contributed by atoms with Gasteiger partial charge in [-0.1, -0.05) is 6.07 Å². The molecule has 0 atom stereocenters. The second-order valence-corrected chi connectivity index (χ2v) is 7.56. The second-order valence-electron chi connectivity index (χ2n) is 5.81. The van der Waals surface area contributed by atoms with Crippen LogP contribution < -0.4 is 15.4 Å². The van der Waals surface area contributed by atoms with E-state index in [1.54, 1.807) is 25.1 Å². The number of carbonyl (C=O) groups is 1. The zero-order valence-corrected chi connectivity index (χ0v) is 14.3. The maximum atomic E-state index is 12.5. The van der Waals surface area contributed by atoms with E-state index in [-0.39, 0.29) is 5.91 Å². The molecule has 3 rings (SSSR count). The van der Waals surface area contributed by atoms with Gasteiger partial charge in [-0.2, -0.15) is 5.10 Å². The highest BCUT2D eigenvalue weighted by atomic mass is 32.2. The quantitative estimate of drug-likeness (QED) is 0.657. The van der Waals surface area contributed by atoms with Crippen LogP contribution in [-0.2, 0) is 23.0 Å². The van der Waals surface area contributed by atoms with Gasteiger partial charge in [-0.05, 0) is 24.6 Å². The average Bonchev–Trinajstić information content (AvgIpc) is 2.93. The fourth-order valence-electron chi connectivity index (χ4n) is 2.61. The van der Waals surface area contributed by atoms with Gasteiger partial charge in [-0.15, -0.1) is 0 Å². The van der Waals surface area contributed by atoms with E-state index in [0.717, 1.165) is 36.0 Å². The number of rotatable bonds is 4. The average molecular weight is 349 g/mol. The van der Waals surface area contributed by atoms with Gasteiger partial charge in [0.1, 0.15) is 0 Å². The Morgan fingerprint density at radius 1 is 1.33 bits per heavy atom. The van der Waals surface area contributed by atoms with Crippen LogP contribution in [0, 0.1) is 6.92 Å². The number of nitrogens with one attached hydrogen (secondary N) is 4. The molecule has 8 nitrogen and oxygen atoms in total. The Bertz CT molecular complexity index is 889. The number of hydrogen-bond acceptors (Lipinski definition) is 5. The lowest BCUT2D eigenvalue weighted by atomic mass is 10.1. The Kier molecular flexibility index (Phi) is 4.29. The molecule has 0 saturated heterocycles. The first-order valence-electron chi connectivity index (χ1n) is 7.50. The van der Waals surface area contributed by atoms with Gasteiger partial charge in [0.25, 0.3) is 5.91 Å². The van der Waals surface area contributed by atoms with E-state index in [1.165, 1.54) is 0 Å². The standard InChI is InChI=1S/C15H19N5O3S/c1-9-3-4-10(7-13(9)20-24(2,22)23)17-15(21)14-11-8-16-6-5-12(11)18-19-14/h3-4,7,16,20H,5-6,8H2,1-2H3,(H,17,21)(H,18,19). The Morgan fingerprint density at radius 2 is 2.12 bits per heavy atom. The SMILES string of the molecule is Cc1ccc(NC(=O)c2n[nH]c3c2CNCC3)cc1NS(C)(=O)=O. The molecule has 0 fully saturated rings. The number of carbonyl (C=O) groups excluding carboxylic acids is 1. The molecule has 1 aromatic heterocycles. The van der Waals surface area contributed by atoms with Gasteiger partial charge in [0.15, 0.2) is 5.69 Å². The van der Waals surface area contributed by atoms with Crippen LogP contribution in [0.3, 0.4) is 0 Å². The Balaban J connectivity index is 1.82. The summed E-state index contributed by atoms with van der Waals surface area (Å²) >= 11 is 0. The topological polar surface area (TPSA) is 116 Å². The molecular formula is C15H19N5O3S. The van der Waals surface area contributed by atoms with Crippen LogP contribution in [0.5, 0.6) is 0 Å². The third-order valence-electron chi connectivity index (χ3n) is 3.81. The monoisotopic (exact) mass is 349 g/mol. The predicted molar refractivity (Wildman–Crippen MR) is 91.6 cm³/mol. The number of anilines is 2. The number of aromatic nitrogens is 2. The summed E-state index contributed by atoms with van der Waals surface area (Å²) in [6.07, 6.45) is 1.89. The van der Waals surface area contributed by atoms with Gasteiger partial charge in [0.05, 0.1) is 11.9 Å². The number of fused-ring (bicyclic) bond motifs is 1. The molecule has 1 amide bonds. The van der Waals surface area contributed by atoms with E-state index in [9.17, 15) is 13.2 Å². The minimum atomic E-state index is -3.39. The molecule has 2 heterocycles. The number of aryl methyl sites for hydroxylation is 1. The maximum Gasteiger partial charge on any atom is 0.276 e. The summed E-state index contributed by atoms with van der Waals surface area (Å²) in [4.78, 5) is 12.5. The molecule has 1 aromatic carbocycles. The number of amides is 1. The lowest BCUT2D eigenvalue weighted by Gasteiger charge is -2.13. The van der Waals surface area contributed by atoms with Crippen molar-refractivity contribution >= 4 is 27.3 Å². The lowest BCUT2D eigenvalue weighted by molar-refractivity contribution is 0.102. The molecule has 9 heteroatoms. The predicted octanol–water partition coefficient (Wildman–Crippen LogP) is 0.988. The lowest BCUT2D eigenvalue weighted by Crippen LogP contribution is -2.25. The van der Waals surface area contributed by atoms with Gasteiger partial charge >= 0.3 is 0 Å². The third-order valence-corrected chi connectivity index (χ3v) is 4.40. The summed E-state index contributed by atoms with van der Waals surface area (Å²) in [5, 5.41) is 13.0. The first-order valence-corrected chi connectivity index (χ1v) is 9.39. The van der Waals surface area contributed by atoms with Gasteiger partial charge in [0.2, 0.25) is 10.0 Å². The summed E-state index contributed by atoms with van der Waals surface area (Å²) in [5.74, 6) is -0.328. The molecule has 24 heavy (non-hydrogen) atoms. The van der Waals surface area contributed by atoms with Crippen molar-refractivity contribution in [3.05, 3.63) is 40.7 Å². The van der Waals surface area contributed by atoms with Crippen LogP contribution in [0.4, 0.5) is 11.4 Å². The van der Waals surface area contributed by atoms with Crippen molar-refractivity contribution in [3.8, 4) is 0 Å². The Morgan fingerprint density at radius 3 is 2.88 bits per heavy atom. The first-order chi connectivity index (χ1) is 11.3. The van der Waals surface area contributed by atoms with E-state index in [1.807, 2.05) is 0 Å². The van der Waals surface area contributed by atoms with Crippen molar-refractivity contribution in [1.29, 1.82) is 0 Å². The highest BCUT2D eigenvalue weighted by Gasteiger charge is 2.21. The maximum absolute atomic E-state index is 12.5. The van der Waals surface area contributed by atoms with Crippen molar-refractivity contribution in [1.82, 2.24) is 15.5 Å². The molecule has 2 aromatic rings. The van der Waals surface area contributed by atoms with Crippen LogP contribution in [0.15, 0.2) is 18.2 Å². The van der Waals surface area contributed by atoms with Crippen LogP contribution >= 0.6 is 0 Å². The van der Waals surface area contributed by atoms with E-state index >= 15 is 0 Å². The molecule has 0 radical (unpaired) electrons. The normalized spacial score (nSPS) is 14.1. The van der Waals surface area contributed by atoms with Gasteiger partial charge in [-0.25, -0.2) is 8.42 Å². The molecule has 0 saturated carbocycles. The molecule has 1 aliphatic heterocycles. The number of nitrogens with zero attached hydrogens (tertiary/aromatic N) is 1. The van der Waals surface area contributed by atoms with E-state index in [0.29, 0.717) is 23.6 Å². The van der Waals surface area contributed by atoms with Crippen LogP contribution in [0.25, 0.3) is 0 Å². The van der Waals surface area contributed by atoms with Crippen molar-refractivity contribution in [2.24, 2.45) is 0 Å². The molecule has 0 unspecified atom stereocenters. The van der Waals surface area contributed by atoms with E-state index in [4.69, 9.17) is 0 Å². The first kappa shape index (κ1) is 16.5. The smallest absolute Gasteiger partial charge is 0.276 e. The molecular weight excluding hydrogens is 330 g/mol. The van der Waals surface area contributed by atoms with Crippen molar-refractivity contribution in [2.75, 3.05) is 22.8 Å². The number of H-pyrrole nitrogens is 1. The number of sulfonamides is 1. The third kappa shape index (κ3) is 3.57. The summed E-state index contributed by atoms with van der Waals surface area (Å²) in [6, 6.07) is 5.05. The largest absolute Gasteiger partial charge is 0.321 e. The summed E-state index contributed by atoms with van der Waals surface area (Å²) in [6.45, 7) is 3.24. The van der Waals surface area contributed by atoms with Gasteiger partial charge in [-0.3, -0.25) is 14.6 Å².